The van der Waals surface area contributed by atoms with Crippen LogP contribution >= 0.6 is 15.9 Å². The van der Waals surface area contributed by atoms with E-state index in [2.05, 4.69) is 37.8 Å². The van der Waals surface area contributed by atoms with Crippen LogP contribution in [0.2, 0.25) is 0 Å². The lowest BCUT2D eigenvalue weighted by molar-refractivity contribution is -0.121. The minimum absolute atomic E-state index is 0.000353. The average Bonchev–Trinajstić information content (AvgIpc) is 2.25. The normalized spacial score (nSPS) is 9.67. The number of carbonyl (C=O) groups is 1. The van der Waals surface area contributed by atoms with Crippen LogP contribution in [0.15, 0.2) is 29.7 Å². The molecule has 5 heteroatoms. The quantitative estimate of drug-likeness (QED) is 0.830. The second-order valence-corrected chi connectivity index (χ2v) is 3.75. The second kappa shape index (κ2) is 6.29. The van der Waals surface area contributed by atoms with E-state index >= 15 is 0 Å². The number of amides is 1. The Morgan fingerprint density at radius 1 is 1.53 bits per heavy atom. The Hall–Kier alpha value is -1.23. The van der Waals surface area contributed by atoms with E-state index in [1.54, 1.807) is 18.5 Å². The molecule has 1 aromatic heterocycles. The lowest BCUT2D eigenvalue weighted by atomic mass is 10.3. The highest BCUT2D eigenvalue weighted by molar-refractivity contribution is 9.10. The summed E-state index contributed by atoms with van der Waals surface area (Å²) in [5.41, 5.74) is 0.741. The van der Waals surface area contributed by atoms with E-state index in [1.165, 1.54) is 0 Å². The lowest BCUT2D eigenvalue weighted by Gasteiger charge is -2.02. The van der Waals surface area contributed by atoms with Crippen molar-refractivity contribution in [3.8, 4) is 0 Å². The maximum absolute atomic E-state index is 11.2. The van der Waals surface area contributed by atoms with Gasteiger partial charge in [-0.2, -0.15) is 0 Å². The van der Waals surface area contributed by atoms with Gasteiger partial charge < -0.3 is 5.32 Å². The van der Waals surface area contributed by atoms with Crippen LogP contribution in [0.5, 0.6) is 0 Å². The smallest absolute Gasteiger partial charge is 0.220 e. The van der Waals surface area contributed by atoms with E-state index < -0.39 is 0 Å². The Morgan fingerprint density at radius 2 is 2.33 bits per heavy atom. The van der Waals surface area contributed by atoms with Crippen LogP contribution in [0, 0.1) is 0 Å². The number of halogens is 1. The molecule has 0 aromatic carbocycles. The molecule has 0 atom stereocenters. The minimum Gasteiger partial charge on any atom is -0.350 e. The first-order valence-electron chi connectivity index (χ1n) is 4.56. The van der Waals surface area contributed by atoms with Crippen LogP contribution < -0.4 is 5.32 Å². The third-order valence-corrected chi connectivity index (χ3v) is 2.13. The Bertz CT molecular complexity index is 337. The Kier molecular flexibility index (Phi) is 4.97. The highest BCUT2D eigenvalue weighted by atomic mass is 79.9. The first kappa shape index (κ1) is 11.8. The molecule has 0 aliphatic carbocycles. The molecule has 0 unspecified atom stereocenters. The van der Waals surface area contributed by atoms with Gasteiger partial charge in [-0.25, -0.2) is 4.98 Å². The van der Waals surface area contributed by atoms with Crippen LogP contribution in [-0.4, -0.2) is 15.9 Å². The third-order valence-electron chi connectivity index (χ3n) is 1.72. The number of hydrogen-bond acceptors (Lipinski definition) is 3. The van der Waals surface area contributed by atoms with Crippen LogP contribution in [0.25, 0.3) is 0 Å². The van der Waals surface area contributed by atoms with E-state index in [0.717, 1.165) is 5.69 Å². The average molecular weight is 270 g/mol. The number of nitrogens with zero attached hydrogens (tertiary/aromatic N) is 2. The zero-order valence-electron chi connectivity index (χ0n) is 8.24. The second-order valence-electron chi connectivity index (χ2n) is 2.93. The molecule has 0 fully saturated rings. The summed E-state index contributed by atoms with van der Waals surface area (Å²) in [6.45, 7) is 3.97. The van der Waals surface area contributed by atoms with Gasteiger partial charge in [-0.1, -0.05) is 6.08 Å². The van der Waals surface area contributed by atoms with Crippen molar-refractivity contribution in [3.63, 3.8) is 0 Å². The summed E-state index contributed by atoms with van der Waals surface area (Å²) in [7, 11) is 0. The lowest BCUT2D eigenvalue weighted by Crippen LogP contribution is -2.22. The fourth-order valence-electron chi connectivity index (χ4n) is 0.941. The fraction of sp³-hybridized carbons (Fsp3) is 0.300. The van der Waals surface area contributed by atoms with E-state index in [0.29, 0.717) is 24.0 Å². The summed E-state index contributed by atoms with van der Waals surface area (Å²) < 4.78 is 0.684. The van der Waals surface area contributed by atoms with Gasteiger partial charge in [0.1, 0.15) is 4.60 Å². The third kappa shape index (κ3) is 4.69. The van der Waals surface area contributed by atoms with Gasteiger partial charge in [-0.3, -0.25) is 9.78 Å². The van der Waals surface area contributed by atoms with Gasteiger partial charge in [0.15, 0.2) is 0 Å². The molecular formula is C10H12BrN3O. The predicted molar refractivity (Wildman–Crippen MR) is 61.0 cm³/mol. The monoisotopic (exact) mass is 269 g/mol. The summed E-state index contributed by atoms with van der Waals surface area (Å²) in [5, 5.41) is 2.75. The van der Waals surface area contributed by atoms with Crippen molar-refractivity contribution in [2.45, 2.75) is 19.4 Å². The first-order valence-corrected chi connectivity index (χ1v) is 5.35. The predicted octanol–water partition coefficient (Wildman–Crippen LogP) is 1.82. The first-order chi connectivity index (χ1) is 7.22. The van der Waals surface area contributed by atoms with E-state index in [-0.39, 0.29) is 5.91 Å². The van der Waals surface area contributed by atoms with Crippen molar-refractivity contribution in [2.75, 3.05) is 0 Å². The van der Waals surface area contributed by atoms with Crippen LogP contribution in [0.4, 0.5) is 0 Å². The maximum Gasteiger partial charge on any atom is 0.220 e. The molecule has 0 spiro atoms. The number of allylic oxidation sites excluding steroid dienone is 1. The van der Waals surface area contributed by atoms with Gasteiger partial charge in [0.25, 0.3) is 0 Å². The minimum atomic E-state index is -0.000353. The van der Waals surface area contributed by atoms with Crippen LogP contribution in [0.3, 0.4) is 0 Å². The number of aromatic nitrogens is 2. The highest BCUT2D eigenvalue weighted by Gasteiger charge is 2.00. The van der Waals surface area contributed by atoms with E-state index in [9.17, 15) is 4.79 Å². The molecule has 80 valence electrons. The maximum atomic E-state index is 11.2. The van der Waals surface area contributed by atoms with Crippen molar-refractivity contribution < 1.29 is 4.79 Å². The topological polar surface area (TPSA) is 54.9 Å². The van der Waals surface area contributed by atoms with Crippen molar-refractivity contribution in [1.82, 2.24) is 15.3 Å². The zero-order chi connectivity index (χ0) is 11.1. The van der Waals surface area contributed by atoms with Gasteiger partial charge in [-0.15, -0.1) is 6.58 Å². The Labute approximate surface area is 96.9 Å². The number of hydrogen-bond donors (Lipinski definition) is 1. The van der Waals surface area contributed by atoms with Gasteiger partial charge >= 0.3 is 0 Å². The Morgan fingerprint density at radius 3 is 2.93 bits per heavy atom. The van der Waals surface area contributed by atoms with Crippen molar-refractivity contribution in [2.24, 2.45) is 0 Å². The molecule has 1 aromatic rings. The fourth-order valence-corrected chi connectivity index (χ4v) is 1.15. The molecule has 0 saturated carbocycles. The summed E-state index contributed by atoms with van der Waals surface area (Å²) in [5.74, 6) is -0.000353. The molecule has 0 saturated heterocycles. The van der Waals surface area contributed by atoms with Crippen molar-refractivity contribution >= 4 is 21.8 Å². The summed E-state index contributed by atoms with van der Waals surface area (Å²) >= 11 is 3.19. The largest absolute Gasteiger partial charge is 0.350 e. The van der Waals surface area contributed by atoms with Crippen LogP contribution in [0.1, 0.15) is 18.5 Å². The molecule has 1 N–H and O–H groups in total. The molecule has 0 radical (unpaired) electrons. The van der Waals surface area contributed by atoms with Crippen molar-refractivity contribution in [3.05, 3.63) is 35.3 Å². The SMILES string of the molecule is C=CCCC(=O)NCc1cnc(Br)cn1. The van der Waals surface area contributed by atoms with E-state index in [4.69, 9.17) is 0 Å². The summed E-state index contributed by atoms with van der Waals surface area (Å²) in [6.07, 6.45) is 6.10. The van der Waals surface area contributed by atoms with Gasteiger partial charge in [-0.05, 0) is 22.4 Å². The molecule has 4 nitrogen and oxygen atoms in total. The molecule has 1 rings (SSSR count). The number of nitrogens with one attached hydrogen (secondary N) is 1. The molecule has 0 bridgehead atoms. The molecule has 0 aliphatic rings. The van der Waals surface area contributed by atoms with Gasteiger partial charge in [0.2, 0.25) is 5.91 Å². The molecule has 1 amide bonds. The van der Waals surface area contributed by atoms with E-state index in [1.807, 2.05) is 0 Å². The highest BCUT2D eigenvalue weighted by Crippen LogP contribution is 2.02. The van der Waals surface area contributed by atoms with Gasteiger partial charge in [0.05, 0.1) is 24.6 Å². The number of carbonyl (C=O) groups excluding carboxylic acids is 1. The summed E-state index contributed by atoms with van der Waals surface area (Å²) in [4.78, 5) is 19.3. The number of rotatable bonds is 5. The molecule has 15 heavy (non-hydrogen) atoms. The molecule has 0 aliphatic heterocycles. The van der Waals surface area contributed by atoms with Gasteiger partial charge in [0, 0.05) is 6.42 Å². The van der Waals surface area contributed by atoms with Crippen molar-refractivity contribution in [1.29, 1.82) is 0 Å². The molecular weight excluding hydrogens is 258 g/mol. The zero-order valence-corrected chi connectivity index (χ0v) is 9.83. The Balaban J connectivity index is 2.33. The van der Waals surface area contributed by atoms with Crippen LogP contribution in [-0.2, 0) is 11.3 Å². The standard InChI is InChI=1S/C10H12BrN3O/c1-2-3-4-10(15)14-6-8-5-13-9(11)7-12-8/h2,5,7H,1,3-4,6H2,(H,14,15). The molecule has 1 heterocycles. The summed E-state index contributed by atoms with van der Waals surface area (Å²) in [6, 6.07) is 0.